The number of ether oxygens (including phenoxy) is 2. The van der Waals surface area contributed by atoms with Crippen molar-refractivity contribution in [3.05, 3.63) is 47.2 Å². The van der Waals surface area contributed by atoms with Crippen molar-refractivity contribution in [2.75, 3.05) is 7.11 Å². The second-order valence-corrected chi connectivity index (χ2v) is 4.19. The molecular weight excluding hydrogens is 258 g/mol. The van der Waals surface area contributed by atoms with Crippen LogP contribution in [0.2, 0.25) is 0 Å². The highest BCUT2D eigenvalue weighted by Crippen LogP contribution is 2.08. The van der Waals surface area contributed by atoms with E-state index in [0.717, 1.165) is 11.1 Å². The fraction of sp³-hybridized carbons (Fsp3) is 0.333. The van der Waals surface area contributed by atoms with E-state index in [4.69, 9.17) is 4.74 Å². The molecule has 0 radical (unpaired) electrons. The first kappa shape index (κ1) is 15.8. The molecule has 1 aromatic rings. The van der Waals surface area contributed by atoms with Gasteiger partial charge in [0.15, 0.2) is 0 Å². The molecule has 0 aliphatic heterocycles. The average molecular weight is 277 g/mol. The lowest BCUT2D eigenvalue weighted by Gasteiger charge is -2.11. The van der Waals surface area contributed by atoms with Crippen LogP contribution in [-0.4, -0.2) is 19.2 Å². The van der Waals surface area contributed by atoms with Gasteiger partial charge in [-0.2, -0.15) is 0 Å². The highest BCUT2D eigenvalue weighted by atomic mass is 16.6. The molecule has 0 aliphatic rings. The number of allylic oxidation sites excluding steroid dienone is 1. The monoisotopic (exact) mass is 277 g/mol. The molecule has 1 N–H and O–H groups in total. The number of carbonyl (C=O) groups excluding carboxylic acids is 2. The number of esters is 1. The van der Waals surface area contributed by atoms with Crippen molar-refractivity contribution in [1.29, 1.82) is 0 Å². The molecule has 0 saturated heterocycles. The zero-order chi connectivity index (χ0) is 15.0. The molecule has 0 bridgehead atoms. The van der Waals surface area contributed by atoms with Crippen LogP contribution in [-0.2, 0) is 20.9 Å². The maximum atomic E-state index is 11.7. The van der Waals surface area contributed by atoms with E-state index in [1.54, 1.807) is 6.92 Å². The SMILES string of the molecule is CC/C(C)=C(/NC(=O)OCc1ccccc1)C(=O)OC. The number of methoxy groups -OCH3 is 1. The van der Waals surface area contributed by atoms with Crippen molar-refractivity contribution in [1.82, 2.24) is 5.32 Å². The molecule has 20 heavy (non-hydrogen) atoms. The van der Waals surface area contributed by atoms with E-state index in [-0.39, 0.29) is 12.3 Å². The second-order valence-electron chi connectivity index (χ2n) is 4.19. The van der Waals surface area contributed by atoms with Gasteiger partial charge in [-0.25, -0.2) is 9.59 Å². The minimum Gasteiger partial charge on any atom is -0.464 e. The smallest absolute Gasteiger partial charge is 0.412 e. The van der Waals surface area contributed by atoms with E-state index < -0.39 is 12.1 Å². The van der Waals surface area contributed by atoms with Gasteiger partial charge in [0.2, 0.25) is 0 Å². The van der Waals surface area contributed by atoms with E-state index >= 15 is 0 Å². The van der Waals surface area contributed by atoms with Gasteiger partial charge in [0.1, 0.15) is 12.3 Å². The highest BCUT2D eigenvalue weighted by Gasteiger charge is 2.16. The molecule has 1 amide bonds. The number of amides is 1. The Morgan fingerprint density at radius 2 is 1.85 bits per heavy atom. The van der Waals surface area contributed by atoms with Crippen molar-refractivity contribution in [2.24, 2.45) is 0 Å². The number of benzene rings is 1. The third-order valence-corrected chi connectivity index (χ3v) is 2.79. The Balaban J connectivity index is 2.61. The average Bonchev–Trinajstić information content (AvgIpc) is 2.50. The van der Waals surface area contributed by atoms with Crippen molar-refractivity contribution >= 4 is 12.1 Å². The van der Waals surface area contributed by atoms with Gasteiger partial charge in [-0.3, -0.25) is 5.32 Å². The van der Waals surface area contributed by atoms with Gasteiger partial charge in [0, 0.05) is 0 Å². The topological polar surface area (TPSA) is 64.6 Å². The number of hydrogen-bond donors (Lipinski definition) is 1. The van der Waals surface area contributed by atoms with E-state index in [2.05, 4.69) is 10.1 Å². The summed E-state index contributed by atoms with van der Waals surface area (Å²) in [7, 11) is 1.27. The van der Waals surface area contributed by atoms with Gasteiger partial charge in [0.25, 0.3) is 0 Å². The van der Waals surface area contributed by atoms with Crippen LogP contribution in [0.25, 0.3) is 0 Å². The number of carbonyl (C=O) groups is 2. The predicted molar refractivity (Wildman–Crippen MR) is 74.8 cm³/mol. The maximum Gasteiger partial charge on any atom is 0.412 e. The first-order valence-electron chi connectivity index (χ1n) is 6.34. The van der Waals surface area contributed by atoms with Gasteiger partial charge in [0.05, 0.1) is 7.11 Å². The highest BCUT2D eigenvalue weighted by molar-refractivity contribution is 5.92. The molecule has 0 atom stereocenters. The van der Waals surface area contributed by atoms with Gasteiger partial charge in [-0.05, 0) is 24.5 Å². The molecule has 0 unspecified atom stereocenters. The Morgan fingerprint density at radius 3 is 2.40 bits per heavy atom. The van der Waals surface area contributed by atoms with E-state index in [0.29, 0.717) is 6.42 Å². The molecule has 0 spiro atoms. The summed E-state index contributed by atoms with van der Waals surface area (Å²) in [4.78, 5) is 23.3. The third-order valence-electron chi connectivity index (χ3n) is 2.79. The van der Waals surface area contributed by atoms with Crippen molar-refractivity contribution in [3.8, 4) is 0 Å². The summed E-state index contributed by atoms with van der Waals surface area (Å²) in [6.07, 6.45) is -0.0503. The second kappa shape index (κ2) is 7.99. The van der Waals surface area contributed by atoms with Crippen LogP contribution in [0, 0.1) is 0 Å². The van der Waals surface area contributed by atoms with Crippen LogP contribution in [0.1, 0.15) is 25.8 Å². The molecule has 1 rings (SSSR count). The largest absolute Gasteiger partial charge is 0.464 e. The molecule has 5 heteroatoms. The fourth-order valence-corrected chi connectivity index (χ4v) is 1.47. The molecule has 5 nitrogen and oxygen atoms in total. The normalized spacial score (nSPS) is 11.3. The molecule has 0 aromatic heterocycles. The Morgan fingerprint density at radius 1 is 1.20 bits per heavy atom. The number of alkyl carbamates (subject to hydrolysis) is 1. The molecule has 0 aliphatic carbocycles. The zero-order valence-electron chi connectivity index (χ0n) is 11.9. The van der Waals surface area contributed by atoms with Gasteiger partial charge in [-0.15, -0.1) is 0 Å². The molecule has 108 valence electrons. The van der Waals surface area contributed by atoms with Gasteiger partial charge in [-0.1, -0.05) is 37.3 Å². The summed E-state index contributed by atoms with van der Waals surface area (Å²) in [6.45, 7) is 3.78. The molecule has 1 aromatic carbocycles. The van der Waals surface area contributed by atoms with E-state index in [9.17, 15) is 9.59 Å². The lowest BCUT2D eigenvalue weighted by Crippen LogP contribution is -2.29. The van der Waals surface area contributed by atoms with Crippen molar-refractivity contribution in [3.63, 3.8) is 0 Å². The molecule has 0 saturated carbocycles. The predicted octanol–water partition coefficient (Wildman–Crippen LogP) is 2.77. The lowest BCUT2D eigenvalue weighted by molar-refractivity contribution is -0.136. The van der Waals surface area contributed by atoms with Crippen molar-refractivity contribution < 1.29 is 19.1 Å². The summed E-state index contributed by atoms with van der Waals surface area (Å²) in [5, 5.41) is 2.43. The Hall–Kier alpha value is -2.30. The lowest BCUT2D eigenvalue weighted by atomic mass is 10.2. The minimum absolute atomic E-state index is 0.132. The standard InChI is InChI=1S/C15H19NO4/c1-4-11(2)13(14(17)19-3)16-15(18)20-10-12-8-6-5-7-9-12/h5-9H,4,10H2,1-3H3,(H,16,18)/b13-11+. The van der Waals surface area contributed by atoms with E-state index in [1.165, 1.54) is 7.11 Å². The summed E-state index contributed by atoms with van der Waals surface area (Å²) in [5.41, 5.74) is 1.74. The van der Waals surface area contributed by atoms with E-state index in [1.807, 2.05) is 37.3 Å². The summed E-state index contributed by atoms with van der Waals surface area (Å²) in [6, 6.07) is 9.30. The Labute approximate surface area is 118 Å². The fourth-order valence-electron chi connectivity index (χ4n) is 1.47. The number of rotatable bonds is 5. The summed E-state index contributed by atoms with van der Waals surface area (Å²) in [5.74, 6) is -0.582. The first-order valence-corrected chi connectivity index (χ1v) is 6.34. The minimum atomic E-state index is -0.679. The summed E-state index contributed by atoms with van der Waals surface area (Å²) >= 11 is 0. The Bertz CT molecular complexity index is 494. The zero-order valence-corrected chi connectivity index (χ0v) is 11.9. The quantitative estimate of drug-likeness (QED) is 0.664. The van der Waals surface area contributed by atoms with Gasteiger partial charge >= 0.3 is 12.1 Å². The van der Waals surface area contributed by atoms with Crippen LogP contribution in [0.5, 0.6) is 0 Å². The third kappa shape index (κ3) is 4.76. The molecule has 0 heterocycles. The number of nitrogens with one attached hydrogen (secondary N) is 1. The summed E-state index contributed by atoms with van der Waals surface area (Å²) < 4.78 is 9.69. The van der Waals surface area contributed by atoms with Crippen molar-refractivity contribution in [2.45, 2.75) is 26.9 Å². The first-order chi connectivity index (χ1) is 9.58. The van der Waals surface area contributed by atoms with Crippen LogP contribution < -0.4 is 5.32 Å². The Kier molecular flexibility index (Phi) is 6.29. The maximum absolute atomic E-state index is 11.7. The van der Waals surface area contributed by atoms with Crippen LogP contribution in [0.4, 0.5) is 4.79 Å². The van der Waals surface area contributed by atoms with Crippen LogP contribution >= 0.6 is 0 Å². The number of hydrogen-bond acceptors (Lipinski definition) is 4. The molecule has 0 fully saturated rings. The van der Waals surface area contributed by atoms with Crippen LogP contribution in [0.15, 0.2) is 41.6 Å². The molecular formula is C15H19NO4. The van der Waals surface area contributed by atoms with Crippen LogP contribution in [0.3, 0.4) is 0 Å². The van der Waals surface area contributed by atoms with Gasteiger partial charge < -0.3 is 9.47 Å².